The average Bonchev–Trinajstić information content (AvgIpc) is 2.03. The Balaban J connectivity index is 2.76. The van der Waals surface area contributed by atoms with Gasteiger partial charge in [0.05, 0.1) is 11.6 Å². The number of hydrogen-bond acceptors (Lipinski definition) is 3. The Morgan fingerprint density at radius 3 is 2.69 bits per heavy atom. The van der Waals surface area contributed by atoms with Crippen LogP contribution >= 0.6 is 0 Å². The molecule has 4 nitrogen and oxygen atoms in total. The van der Waals surface area contributed by atoms with Gasteiger partial charge in [-0.2, -0.15) is 0 Å². The smallest absolute Gasteiger partial charge is 0.306 e. The predicted octanol–water partition coefficient (Wildman–Crippen LogP) is 1.73. The molecular weight excluding hydrogens is 170 g/mol. The van der Waals surface area contributed by atoms with Crippen LogP contribution in [0.15, 0.2) is 5.16 Å². The van der Waals surface area contributed by atoms with Crippen molar-refractivity contribution in [3.05, 3.63) is 0 Å². The normalized spacial score (nSPS) is 30.3. The van der Waals surface area contributed by atoms with E-state index in [4.69, 9.17) is 10.3 Å². The lowest BCUT2D eigenvalue weighted by atomic mass is 9.71. The monoisotopic (exact) mass is 185 g/mol. The summed E-state index contributed by atoms with van der Waals surface area (Å²) in [5, 5.41) is 20.7. The standard InChI is InChI=1S/C9H15NO3/c1-9(2)4-3-6(8(11)12)5-7(9)10-13/h6,13H,3-5H2,1-2H3,(H,11,12)/b10-7-. The van der Waals surface area contributed by atoms with Crippen LogP contribution in [0, 0.1) is 11.3 Å². The van der Waals surface area contributed by atoms with E-state index >= 15 is 0 Å². The van der Waals surface area contributed by atoms with E-state index in [1.165, 1.54) is 0 Å². The summed E-state index contributed by atoms with van der Waals surface area (Å²) in [5.74, 6) is -1.17. The van der Waals surface area contributed by atoms with Gasteiger partial charge in [0.2, 0.25) is 0 Å². The molecule has 2 N–H and O–H groups in total. The zero-order valence-electron chi connectivity index (χ0n) is 7.95. The first-order chi connectivity index (χ1) is 5.97. The molecule has 1 atom stereocenters. The largest absolute Gasteiger partial charge is 0.481 e. The summed E-state index contributed by atoms with van der Waals surface area (Å²) in [5.41, 5.74) is 0.451. The van der Waals surface area contributed by atoms with Crippen LogP contribution in [0.5, 0.6) is 0 Å². The SMILES string of the molecule is CC1(C)CCC(C(=O)O)C/C1=N/O. The van der Waals surface area contributed by atoms with Crippen molar-refractivity contribution >= 4 is 11.7 Å². The Morgan fingerprint density at radius 1 is 1.62 bits per heavy atom. The van der Waals surface area contributed by atoms with Crippen molar-refractivity contribution in [1.82, 2.24) is 0 Å². The van der Waals surface area contributed by atoms with Crippen molar-refractivity contribution in [2.75, 3.05) is 0 Å². The maximum absolute atomic E-state index is 10.7. The van der Waals surface area contributed by atoms with Crippen molar-refractivity contribution in [3.63, 3.8) is 0 Å². The summed E-state index contributed by atoms with van der Waals surface area (Å²) >= 11 is 0. The third kappa shape index (κ3) is 1.99. The van der Waals surface area contributed by atoms with Gasteiger partial charge < -0.3 is 10.3 Å². The molecule has 0 aromatic rings. The van der Waals surface area contributed by atoms with Crippen LogP contribution in [0.1, 0.15) is 33.1 Å². The van der Waals surface area contributed by atoms with Crippen LogP contribution in [0.25, 0.3) is 0 Å². The molecule has 0 saturated heterocycles. The zero-order chi connectivity index (χ0) is 10.1. The lowest BCUT2D eigenvalue weighted by molar-refractivity contribution is -0.142. The first-order valence-corrected chi connectivity index (χ1v) is 4.41. The van der Waals surface area contributed by atoms with Crippen LogP contribution < -0.4 is 0 Å². The van der Waals surface area contributed by atoms with Gasteiger partial charge in [0.25, 0.3) is 0 Å². The molecule has 13 heavy (non-hydrogen) atoms. The van der Waals surface area contributed by atoms with Crippen molar-refractivity contribution in [2.45, 2.75) is 33.1 Å². The number of hydrogen-bond donors (Lipinski definition) is 2. The van der Waals surface area contributed by atoms with Crippen LogP contribution in [0.3, 0.4) is 0 Å². The topological polar surface area (TPSA) is 69.9 Å². The van der Waals surface area contributed by atoms with E-state index in [0.717, 1.165) is 6.42 Å². The minimum atomic E-state index is -0.795. The zero-order valence-corrected chi connectivity index (χ0v) is 7.95. The maximum atomic E-state index is 10.7. The minimum Gasteiger partial charge on any atom is -0.481 e. The van der Waals surface area contributed by atoms with Gasteiger partial charge in [0.1, 0.15) is 0 Å². The highest BCUT2D eigenvalue weighted by molar-refractivity contribution is 5.93. The molecular formula is C9H15NO3. The molecule has 1 aliphatic carbocycles. The molecule has 4 heteroatoms. The summed E-state index contributed by atoms with van der Waals surface area (Å²) in [6.45, 7) is 3.94. The molecule has 1 saturated carbocycles. The van der Waals surface area contributed by atoms with Crippen molar-refractivity contribution in [3.8, 4) is 0 Å². The van der Waals surface area contributed by atoms with Crippen molar-refractivity contribution in [2.24, 2.45) is 16.5 Å². The second-order valence-electron chi connectivity index (χ2n) is 4.21. The maximum Gasteiger partial charge on any atom is 0.306 e. The quantitative estimate of drug-likeness (QED) is 0.482. The Bertz CT molecular complexity index is 245. The molecule has 1 fully saturated rings. The fraction of sp³-hybridized carbons (Fsp3) is 0.778. The van der Waals surface area contributed by atoms with E-state index in [1.807, 2.05) is 13.8 Å². The summed E-state index contributed by atoms with van der Waals surface area (Å²) in [4.78, 5) is 10.7. The summed E-state index contributed by atoms with van der Waals surface area (Å²) in [7, 11) is 0. The van der Waals surface area contributed by atoms with Gasteiger partial charge in [0, 0.05) is 11.8 Å². The lowest BCUT2D eigenvalue weighted by Crippen LogP contribution is -2.35. The number of oxime groups is 1. The number of carboxylic acid groups (broad SMARTS) is 1. The molecule has 1 unspecified atom stereocenters. The van der Waals surface area contributed by atoms with Gasteiger partial charge in [-0.3, -0.25) is 4.79 Å². The highest BCUT2D eigenvalue weighted by Gasteiger charge is 2.36. The number of rotatable bonds is 1. The van der Waals surface area contributed by atoms with Crippen LogP contribution in [0.4, 0.5) is 0 Å². The van der Waals surface area contributed by atoms with Crippen LogP contribution in [0.2, 0.25) is 0 Å². The average molecular weight is 185 g/mol. The van der Waals surface area contributed by atoms with Gasteiger partial charge in [0.15, 0.2) is 0 Å². The molecule has 0 radical (unpaired) electrons. The highest BCUT2D eigenvalue weighted by atomic mass is 16.4. The molecule has 74 valence electrons. The molecule has 1 rings (SSSR count). The Hall–Kier alpha value is -1.06. The fourth-order valence-electron chi connectivity index (χ4n) is 1.68. The predicted molar refractivity (Wildman–Crippen MR) is 48.0 cm³/mol. The van der Waals surface area contributed by atoms with E-state index in [1.54, 1.807) is 0 Å². The molecule has 0 aliphatic heterocycles. The van der Waals surface area contributed by atoms with E-state index in [2.05, 4.69) is 5.16 Å². The molecule has 1 aliphatic rings. The second kappa shape index (κ2) is 3.36. The number of nitrogens with zero attached hydrogens (tertiary/aromatic N) is 1. The first kappa shape index (κ1) is 10.0. The summed E-state index contributed by atoms with van der Waals surface area (Å²) in [6, 6.07) is 0. The molecule has 0 heterocycles. The van der Waals surface area contributed by atoms with Gasteiger partial charge in [-0.05, 0) is 12.8 Å². The van der Waals surface area contributed by atoms with E-state index < -0.39 is 5.97 Å². The summed E-state index contributed by atoms with van der Waals surface area (Å²) in [6.07, 6.45) is 1.81. The third-order valence-electron chi connectivity index (χ3n) is 2.81. The number of aliphatic carboxylic acids is 1. The van der Waals surface area contributed by atoms with E-state index in [-0.39, 0.29) is 11.3 Å². The highest BCUT2D eigenvalue weighted by Crippen LogP contribution is 2.36. The van der Waals surface area contributed by atoms with Crippen molar-refractivity contribution in [1.29, 1.82) is 0 Å². The molecule has 0 aromatic heterocycles. The van der Waals surface area contributed by atoms with Crippen LogP contribution in [-0.4, -0.2) is 22.0 Å². The second-order valence-corrected chi connectivity index (χ2v) is 4.21. The Morgan fingerprint density at radius 2 is 2.23 bits per heavy atom. The third-order valence-corrected chi connectivity index (χ3v) is 2.81. The molecule has 0 aromatic carbocycles. The molecule has 0 bridgehead atoms. The lowest BCUT2D eigenvalue weighted by Gasteiger charge is -2.33. The van der Waals surface area contributed by atoms with E-state index in [9.17, 15) is 4.79 Å². The minimum absolute atomic E-state index is 0.152. The van der Waals surface area contributed by atoms with Gasteiger partial charge >= 0.3 is 5.97 Å². The van der Waals surface area contributed by atoms with Crippen molar-refractivity contribution < 1.29 is 15.1 Å². The van der Waals surface area contributed by atoms with Gasteiger partial charge in [-0.1, -0.05) is 19.0 Å². The van der Waals surface area contributed by atoms with Gasteiger partial charge in [-0.15, -0.1) is 0 Å². The summed E-state index contributed by atoms with van der Waals surface area (Å²) < 4.78 is 0. The van der Waals surface area contributed by atoms with E-state index in [0.29, 0.717) is 18.6 Å². The number of carboxylic acids is 1. The Labute approximate surface area is 77.3 Å². The molecule has 0 amide bonds. The van der Waals surface area contributed by atoms with Gasteiger partial charge in [-0.25, -0.2) is 0 Å². The van der Waals surface area contributed by atoms with Crippen LogP contribution in [-0.2, 0) is 4.79 Å². The first-order valence-electron chi connectivity index (χ1n) is 4.41. The molecule has 0 spiro atoms. The number of carbonyl (C=O) groups is 1. The Kier molecular flexibility index (Phi) is 2.59. The fourth-order valence-corrected chi connectivity index (χ4v) is 1.68.